The average molecular weight is 330 g/mol. The molecule has 0 aliphatic rings. The van der Waals surface area contributed by atoms with Gasteiger partial charge in [0.1, 0.15) is 0 Å². The van der Waals surface area contributed by atoms with E-state index in [1.807, 2.05) is 6.92 Å². The number of nitrogens with one attached hydrogen (secondary N) is 2. The normalized spacial score (nSPS) is 11.5. The van der Waals surface area contributed by atoms with Crippen LogP contribution in [-0.4, -0.2) is 27.2 Å². The van der Waals surface area contributed by atoms with Gasteiger partial charge in [-0.1, -0.05) is 17.7 Å². The molecular formula is C13H18N2O4S2. The Bertz CT molecular complexity index is 583. The van der Waals surface area contributed by atoms with Crippen LogP contribution < -0.4 is 10.3 Å². The van der Waals surface area contributed by atoms with Crippen molar-refractivity contribution in [1.82, 2.24) is 10.3 Å². The monoisotopic (exact) mass is 330 g/mol. The lowest BCUT2D eigenvalue weighted by atomic mass is 10.2. The van der Waals surface area contributed by atoms with E-state index in [0.29, 0.717) is 12.2 Å². The quantitative estimate of drug-likeness (QED) is 0.427. The van der Waals surface area contributed by atoms with Crippen LogP contribution in [0.1, 0.15) is 12.0 Å². The predicted molar refractivity (Wildman–Crippen MR) is 82.9 cm³/mol. The summed E-state index contributed by atoms with van der Waals surface area (Å²) in [4.78, 5) is 13.3. The first-order chi connectivity index (χ1) is 9.95. The molecule has 0 aromatic heterocycles. The number of hydrogen-bond donors (Lipinski definition) is 2. The topological polar surface area (TPSA) is 84.5 Å². The highest BCUT2D eigenvalue weighted by Crippen LogP contribution is 2.09. The summed E-state index contributed by atoms with van der Waals surface area (Å²) in [5, 5.41) is 1.65. The summed E-state index contributed by atoms with van der Waals surface area (Å²) in [6.07, 6.45) is 1.76. The van der Waals surface area contributed by atoms with Crippen molar-refractivity contribution in [3.8, 4) is 0 Å². The first-order valence-electron chi connectivity index (χ1n) is 6.13. The lowest BCUT2D eigenvalue weighted by molar-refractivity contribution is -0.140. The second-order valence-corrected chi connectivity index (χ2v) is 6.76. The van der Waals surface area contributed by atoms with Crippen molar-refractivity contribution in [2.75, 3.05) is 12.9 Å². The Hall–Kier alpha value is -1.51. The first kappa shape index (κ1) is 17.5. The fraction of sp³-hybridized carbons (Fsp3) is 0.308. The molecule has 6 nitrogen and oxygen atoms in total. The fourth-order valence-corrected chi connectivity index (χ4v) is 2.70. The number of carbonyl (C=O) groups excluding carboxylic acids is 1. The van der Waals surface area contributed by atoms with E-state index >= 15 is 0 Å². The van der Waals surface area contributed by atoms with Gasteiger partial charge in [-0.15, -0.1) is 16.6 Å². The van der Waals surface area contributed by atoms with Crippen molar-refractivity contribution >= 4 is 27.8 Å². The van der Waals surface area contributed by atoms with Gasteiger partial charge < -0.3 is 10.2 Å². The van der Waals surface area contributed by atoms with Crippen LogP contribution in [0.3, 0.4) is 0 Å². The summed E-state index contributed by atoms with van der Waals surface area (Å²) in [7, 11) is -2.25. The van der Waals surface area contributed by atoms with Crippen molar-refractivity contribution in [2.45, 2.75) is 18.2 Å². The molecule has 0 aliphatic heterocycles. The molecule has 0 saturated heterocycles. The molecule has 0 bridgehead atoms. The number of thioether (sulfide) groups is 1. The zero-order chi connectivity index (χ0) is 15.7. The summed E-state index contributed by atoms with van der Waals surface area (Å²) in [5.41, 5.74) is 3.47. The number of hydrazine groups is 1. The largest absolute Gasteiger partial charge is 0.469 e. The molecule has 116 valence electrons. The summed E-state index contributed by atoms with van der Waals surface area (Å²) in [5.74, 6) is 0.291. The Morgan fingerprint density at radius 2 is 2.00 bits per heavy atom. The van der Waals surface area contributed by atoms with E-state index in [2.05, 4.69) is 15.0 Å². The lowest BCUT2D eigenvalue weighted by Crippen LogP contribution is -2.33. The highest BCUT2D eigenvalue weighted by atomic mass is 32.2. The molecule has 0 unspecified atom stereocenters. The molecule has 0 amide bonds. The van der Waals surface area contributed by atoms with Gasteiger partial charge in [0, 0.05) is 12.0 Å². The fourth-order valence-electron chi connectivity index (χ4n) is 1.28. The van der Waals surface area contributed by atoms with Crippen LogP contribution in [0.25, 0.3) is 0 Å². The van der Waals surface area contributed by atoms with E-state index < -0.39 is 10.0 Å². The van der Waals surface area contributed by atoms with E-state index in [1.165, 1.54) is 37.2 Å². The van der Waals surface area contributed by atoms with E-state index in [1.54, 1.807) is 17.5 Å². The minimum Gasteiger partial charge on any atom is -0.469 e. The first-order valence-corrected chi connectivity index (χ1v) is 8.66. The summed E-state index contributed by atoms with van der Waals surface area (Å²) < 4.78 is 28.3. The molecule has 0 fully saturated rings. The molecule has 0 radical (unpaired) electrons. The number of benzene rings is 1. The zero-order valence-corrected chi connectivity index (χ0v) is 13.5. The van der Waals surface area contributed by atoms with Gasteiger partial charge in [-0.3, -0.25) is 4.79 Å². The van der Waals surface area contributed by atoms with Gasteiger partial charge in [0.25, 0.3) is 10.0 Å². The van der Waals surface area contributed by atoms with Crippen LogP contribution in [0, 0.1) is 6.92 Å². The van der Waals surface area contributed by atoms with Crippen molar-refractivity contribution in [2.24, 2.45) is 0 Å². The molecule has 0 atom stereocenters. The molecule has 21 heavy (non-hydrogen) atoms. The zero-order valence-electron chi connectivity index (χ0n) is 11.8. The molecular weight excluding hydrogens is 312 g/mol. The standard InChI is InChI=1S/C13H18N2O4S2/c1-11-3-5-12(6-4-11)21(17,18)15-14-8-10-20-9-7-13(16)19-2/h3-6,8,10,14-15H,7,9H2,1-2H3. The number of ether oxygens (including phenoxy) is 1. The number of carbonyl (C=O) groups is 1. The average Bonchev–Trinajstić information content (AvgIpc) is 2.46. The third-order valence-corrected chi connectivity index (χ3v) is 4.47. The lowest BCUT2D eigenvalue weighted by Gasteiger charge is -2.06. The number of sulfonamides is 1. The number of methoxy groups -OCH3 is 1. The second kappa shape index (κ2) is 8.71. The van der Waals surface area contributed by atoms with Gasteiger partial charge in [0.05, 0.1) is 18.4 Å². The maximum Gasteiger partial charge on any atom is 0.306 e. The molecule has 1 rings (SSSR count). The molecule has 0 spiro atoms. The number of esters is 1. The maximum absolute atomic E-state index is 11.9. The van der Waals surface area contributed by atoms with Crippen molar-refractivity contribution in [1.29, 1.82) is 0 Å². The highest BCUT2D eigenvalue weighted by molar-refractivity contribution is 8.02. The summed E-state index contributed by atoms with van der Waals surface area (Å²) >= 11 is 1.37. The van der Waals surface area contributed by atoms with Crippen molar-refractivity contribution < 1.29 is 17.9 Å². The van der Waals surface area contributed by atoms with Gasteiger partial charge in [0.15, 0.2) is 0 Å². The smallest absolute Gasteiger partial charge is 0.306 e. The summed E-state index contributed by atoms with van der Waals surface area (Å²) in [6.45, 7) is 1.89. The van der Waals surface area contributed by atoms with Gasteiger partial charge in [-0.05, 0) is 24.5 Å². The number of aryl methyl sites for hydroxylation is 1. The van der Waals surface area contributed by atoms with E-state index in [-0.39, 0.29) is 10.9 Å². The Labute approximate surface area is 129 Å². The molecule has 0 heterocycles. The van der Waals surface area contributed by atoms with Crippen LogP contribution in [-0.2, 0) is 19.6 Å². The molecule has 8 heteroatoms. The molecule has 2 N–H and O–H groups in total. The third-order valence-electron chi connectivity index (χ3n) is 2.42. The van der Waals surface area contributed by atoms with E-state index in [0.717, 1.165) is 5.56 Å². The van der Waals surface area contributed by atoms with E-state index in [4.69, 9.17) is 0 Å². The van der Waals surface area contributed by atoms with Gasteiger partial charge in [-0.25, -0.2) is 8.42 Å². The molecule has 1 aromatic carbocycles. The number of hydrogen-bond acceptors (Lipinski definition) is 6. The molecule has 0 saturated carbocycles. The number of rotatable bonds is 8. The Morgan fingerprint density at radius 1 is 1.33 bits per heavy atom. The van der Waals surface area contributed by atoms with Gasteiger partial charge >= 0.3 is 5.97 Å². The van der Waals surface area contributed by atoms with Crippen LogP contribution in [0.5, 0.6) is 0 Å². The molecule has 1 aromatic rings. The van der Waals surface area contributed by atoms with Crippen molar-refractivity contribution in [3.05, 3.63) is 41.4 Å². The van der Waals surface area contributed by atoms with Gasteiger partial charge in [0.2, 0.25) is 0 Å². The Morgan fingerprint density at radius 3 is 2.62 bits per heavy atom. The highest BCUT2D eigenvalue weighted by Gasteiger charge is 2.11. The Balaban J connectivity index is 2.34. The van der Waals surface area contributed by atoms with E-state index in [9.17, 15) is 13.2 Å². The van der Waals surface area contributed by atoms with Crippen LogP contribution in [0.4, 0.5) is 0 Å². The summed E-state index contributed by atoms with van der Waals surface area (Å²) in [6, 6.07) is 6.53. The van der Waals surface area contributed by atoms with Crippen molar-refractivity contribution in [3.63, 3.8) is 0 Å². The minimum atomic E-state index is -3.58. The van der Waals surface area contributed by atoms with Gasteiger partial charge in [-0.2, -0.15) is 0 Å². The van der Waals surface area contributed by atoms with Crippen LogP contribution >= 0.6 is 11.8 Å². The minimum absolute atomic E-state index is 0.187. The second-order valence-electron chi connectivity index (χ2n) is 4.06. The predicted octanol–water partition coefficient (Wildman–Crippen LogP) is 1.55. The van der Waals surface area contributed by atoms with Crippen LogP contribution in [0.15, 0.2) is 40.8 Å². The molecule has 0 aliphatic carbocycles. The van der Waals surface area contributed by atoms with Crippen LogP contribution in [0.2, 0.25) is 0 Å². The SMILES string of the molecule is COC(=O)CCSC=CNNS(=O)(=O)c1ccc(C)cc1. The third kappa shape index (κ3) is 6.65. The maximum atomic E-state index is 11.9. The Kier molecular flexibility index (Phi) is 7.27.